The molecule has 1 aromatic carbocycles. The molecular formula is C11H16N2O4S. The van der Waals surface area contributed by atoms with E-state index in [1.54, 1.807) is 0 Å². The number of unbranched alkanes of at least 4 members (excludes halogenated alkanes) is 1. The summed E-state index contributed by atoms with van der Waals surface area (Å²) in [6.07, 6.45) is 1.30. The lowest BCUT2D eigenvalue weighted by Gasteiger charge is -2.14. The first kappa shape index (κ1) is 14.6. The molecule has 0 bridgehead atoms. The molecule has 1 rings (SSSR count). The molecule has 0 fully saturated rings. The van der Waals surface area contributed by atoms with Crippen molar-refractivity contribution in [3.05, 3.63) is 29.8 Å². The third-order valence-electron chi connectivity index (χ3n) is 2.40. The topological polar surface area (TPSA) is 101 Å². The Hall–Kier alpha value is -1.44. The molecule has 0 aliphatic heterocycles. The van der Waals surface area contributed by atoms with Crippen molar-refractivity contribution in [1.82, 2.24) is 4.47 Å². The molecule has 0 heterocycles. The van der Waals surface area contributed by atoms with Crippen LogP contribution in [0.15, 0.2) is 29.2 Å². The molecule has 3 N–H and O–H groups in total. The normalized spacial score (nSPS) is 11.7. The Morgan fingerprint density at radius 1 is 1.44 bits per heavy atom. The van der Waals surface area contributed by atoms with Crippen LogP contribution < -0.4 is 5.73 Å². The van der Waals surface area contributed by atoms with E-state index in [1.165, 1.54) is 18.2 Å². The van der Waals surface area contributed by atoms with E-state index in [9.17, 15) is 18.4 Å². The van der Waals surface area contributed by atoms with Gasteiger partial charge in [-0.2, -0.15) is 0 Å². The Labute approximate surface area is 106 Å². The maximum Gasteiger partial charge on any atom is 0.264 e. The number of primary amides is 1. The molecule has 0 aliphatic carbocycles. The van der Waals surface area contributed by atoms with Gasteiger partial charge in [0.25, 0.3) is 10.0 Å². The molecule has 0 radical (unpaired) electrons. The predicted molar refractivity (Wildman–Crippen MR) is 65.5 cm³/mol. The first-order valence-electron chi connectivity index (χ1n) is 5.51. The Balaban J connectivity index is 3.04. The average Bonchev–Trinajstić information content (AvgIpc) is 2.35. The number of hydrogen-bond acceptors (Lipinski definition) is 4. The van der Waals surface area contributed by atoms with Gasteiger partial charge < -0.3 is 5.73 Å². The zero-order valence-electron chi connectivity index (χ0n) is 10.0. The molecule has 0 aromatic heterocycles. The summed E-state index contributed by atoms with van der Waals surface area (Å²) in [6.45, 7) is 1.90. The first-order valence-corrected chi connectivity index (χ1v) is 6.95. The van der Waals surface area contributed by atoms with Crippen LogP contribution in [0.5, 0.6) is 0 Å². The van der Waals surface area contributed by atoms with Crippen molar-refractivity contribution in [3.8, 4) is 0 Å². The zero-order valence-corrected chi connectivity index (χ0v) is 10.9. The number of hydrogen-bond donors (Lipinski definition) is 2. The summed E-state index contributed by atoms with van der Waals surface area (Å²) in [4.78, 5) is 10.8. The third-order valence-corrected chi connectivity index (χ3v) is 3.98. The molecule has 7 heteroatoms. The van der Waals surface area contributed by atoms with E-state index < -0.39 is 15.9 Å². The third kappa shape index (κ3) is 3.28. The van der Waals surface area contributed by atoms with Crippen molar-refractivity contribution < 1.29 is 18.4 Å². The summed E-state index contributed by atoms with van der Waals surface area (Å²) in [5.41, 5.74) is 5.16. The van der Waals surface area contributed by atoms with Crippen LogP contribution >= 0.6 is 0 Å². The van der Waals surface area contributed by atoms with Crippen molar-refractivity contribution in [2.45, 2.75) is 24.7 Å². The van der Waals surface area contributed by atoms with Gasteiger partial charge in [-0.25, -0.2) is 8.42 Å². The SMILES string of the molecule is CCCCN(O)S(=O)(=O)c1cccc(C(N)=O)c1. The molecule has 0 unspecified atom stereocenters. The number of nitrogens with two attached hydrogens (primary N) is 1. The van der Waals surface area contributed by atoms with Crippen LogP contribution in [0.1, 0.15) is 30.1 Å². The minimum Gasteiger partial charge on any atom is -0.366 e. The lowest BCUT2D eigenvalue weighted by atomic mass is 10.2. The summed E-state index contributed by atoms with van der Waals surface area (Å²) in [5.74, 6) is -0.718. The number of hydroxylamine groups is 1. The minimum atomic E-state index is -3.99. The van der Waals surface area contributed by atoms with Crippen LogP contribution in [-0.2, 0) is 10.0 Å². The van der Waals surface area contributed by atoms with Gasteiger partial charge in [-0.15, -0.1) is 0 Å². The number of nitrogens with zero attached hydrogens (tertiary/aromatic N) is 1. The van der Waals surface area contributed by atoms with Crippen LogP contribution in [-0.4, -0.2) is 30.5 Å². The quantitative estimate of drug-likeness (QED) is 0.753. The largest absolute Gasteiger partial charge is 0.366 e. The number of benzene rings is 1. The molecule has 0 saturated heterocycles. The highest BCUT2D eigenvalue weighted by molar-refractivity contribution is 7.89. The van der Waals surface area contributed by atoms with Crippen LogP contribution in [0.25, 0.3) is 0 Å². The fourth-order valence-corrected chi connectivity index (χ4v) is 2.48. The summed E-state index contributed by atoms with van der Waals surface area (Å²) < 4.78 is 24.2. The number of carbonyl (C=O) groups is 1. The second kappa shape index (κ2) is 5.94. The van der Waals surface area contributed by atoms with E-state index in [0.717, 1.165) is 12.5 Å². The molecular weight excluding hydrogens is 256 g/mol. The maximum atomic E-state index is 11.9. The summed E-state index contributed by atoms with van der Waals surface area (Å²) in [6, 6.07) is 5.26. The molecule has 1 amide bonds. The van der Waals surface area contributed by atoms with E-state index in [2.05, 4.69) is 0 Å². The van der Waals surface area contributed by atoms with Gasteiger partial charge in [0.05, 0.1) is 4.90 Å². The Bertz CT molecular complexity index is 528. The van der Waals surface area contributed by atoms with Gasteiger partial charge in [0, 0.05) is 12.1 Å². The smallest absolute Gasteiger partial charge is 0.264 e. The Morgan fingerprint density at radius 3 is 2.67 bits per heavy atom. The van der Waals surface area contributed by atoms with Crippen LogP contribution in [0.2, 0.25) is 0 Å². The van der Waals surface area contributed by atoms with E-state index in [-0.39, 0.29) is 21.5 Å². The van der Waals surface area contributed by atoms with Crippen molar-refractivity contribution in [1.29, 1.82) is 0 Å². The average molecular weight is 272 g/mol. The van der Waals surface area contributed by atoms with Crippen LogP contribution in [0.3, 0.4) is 0 Å². The Morgan fingerprint density at radius 2 is 2.11 bits per heavy atom. The molecule has 100 valence electrons. The summed E-state index contributed by atoms with van der Waals surface area (Å²) in [5, 5.41) is 9.52. The zero-order chi connectivity index (χ0) is 13.8. The van der Waals surface area contributed by atoms with Gasteiger partial charge >= 0.3 is 0 Å². The van der Waals surface area contributed by atoms with E-state index >= 15 is 0 Å². The monoisotopic (exact) mass is 272 g/mol. The Kier molecular flexibility index (Phi) is 4.83. The molecule has 0 aliphatic rings. The van der Waals surface area contributed by atoms with Gasteiger partial charge in [-0.3, -0.25) is 10.0 Å². The van der Waals surface area contributed by atoms with E-state index in [4.69, 9.17) is 5.73 Å². The molecule has 18 heavy (non-hydrogen) atoms. The lowest BCUT2D eigenvalue weighted by Crippen LogP contribution is -2.28. The molecule has 6 nitrogen and oxygen atoms in total. The highest BCUT2D eigenvalue weighted by Crippen LogP contribution is 2.16. The van der Waals surface area contributed by atoms with Crippen molar-refractivity contribution in [2.24, 2.45) is 5.73 Å². The molecule has 0 spiro atoms. The van der Waals surface area contributed by atoms with Crippen LogP contribution in [0, 0.1) is 0 Å². The van der Waals surface area contributed by atoms with E-state index in [1.807, 2.05) is 6.92 Å². The lowest BCUT2D eigenvalue weighted by molar-refractivity contribution is 0.00227. The molecule has 1 aromatic rings. The van der Waals surface area contributed by atoms with Gasteiger partial charge in [0.1, 0.15) is 0 Å². The number of carbonyl (C=O) groups excluding carboxylic acids is 1. The first-order chi connectivity index (χ1) is 8.39. The van der Waals surface area contributed by atoms with E-state index in [0.29, 0.717) is 6.42 Å². The number of rotatable bonds is 6. The fourth-order valence-electron chi connectivity index (χ4n) is 1.35. The standard InChI is InChI=1S/C11H16N2O4S/c1-2-3-7-13(15)18(16,17)10-6-4-5-9(8-10)11(12)14/h4-6,8,15H,2-3,7H2,1H3,(H2,12,14). The summed E-state index contributed by atoms with van der Waals surface area (Å²) >= 11 is 0. The van der Waals surface area contributed by atoms with Crippen molar-refractivity contribution in [2.75, 3.05) is 6.54 Å². The second-order valence-electron chi connectivity index (χ2n) is 3.80. The van der Waals surface area contributed by atoms with Crippen molar-refractivity contribution in [3.63, 3.8) is 0 Å². The highest BCUT2D eigenvalue weighted by Gasteiger charge is 2.22. The van der Waals surface area contributed by atoms with Gasteiger partial charge in [-0.1, -0.05) is 23.9 Å². The fraction of sp³-hybridized carbons (Fsp3) is 0.364. The van der Waals surface area contributed by atoms with Gasteiger partial charge in [0.2, 0.25) is 5.91 Å². The maximum absolute atomic E-state index is 11.9. The van der Waals surface area contributed by atoms with Gasteiger partial charge in [-0.05, 0) is 24.6 Å². The molecule has 0 saturated carbocycles. The van der Waals surface area contributed by atoms with Crippen LogP contribution in [0.4, 0.5) is 0 Å². The van der Waals surface area contributed by atoms with Crippen molar-refractivity contribution >= 4 is 15.9 Å². The second-order valence-corrected chi connectivity index (χ2v) is 5.64. The number of sulfonamides is 1. The highest BCUT2D eigenvalue weighted by atomic mass is 32.2. The van der Waals surface area contributed by atoms with Gasteiger partial charge in [0.15, 0.2) is 0 Å². The minimum absolute atomic E-state index is 0.0135. The number of amides is 1. The summed E-state index contributed by atoms with van der Waals surface area (Å²) in [7, 11) is -3.99. The predicted octanol–water partition coefficient (Wildman–Crippen LogP) is 0.966. The molecule has 0 atom stereocenters.